The van der Waals surface area contributed by atoms with E-state index in [2.05, 4.69) is 31.2 Å². The molecule has 0 fully saturated rings. The molecule has 2 aromatic heterocycles. The maximum atomic E-state index is 12.7. The van der Waals surface area contributed by atoms with Crippen molar-refractivity contribution >= 4 is 43.1 Å². The molecule has 2 rings (SSSR count). The summed E-state index contributed by atoms with van der Waals surface area (Å²) in [6, 6.07) is 1.55. The first-order valence-corrected chi connectivity index (χ1v) is 9.16. The molecule has 9 heteroatoms. The molecule has 114 valence electrons. The number of sulfonamides is 1. The number of nitrogens with zero attached hydrogens (tertiary/aromatic N) is 3. The smallest absolute Gasteiger partial charge is 0.246 e. The first kappa shape index (κ1) is 16.3. The van der Waals surface area contributed by atoms with Crippen molar-refractivity contribution in [2.45, 2.75) is 18.4 Å². The summed E-state index contributed by atoms with van der Waals surface area (Å²) in [4.78, 5) is 9.29. The molecule has 0 saturated heterocycles. The van der Waals surface area contributed by atoms with Crippen LogP contribution in [0.1, 0.15) is 10.6 Å². The van der Waals surface area contributed by atoms with Gasteiger partial charge >= 0.3 is 0 Å². The molecule has 0 atom stereocenters. The highest BCUT2D eigenvalue weighted by molar-refractivity contribution is 9.10. The van der Waals surface area contributed by atoms with E-state index < -0.39 is 10.0 Å². The molecule has 0 aliphatic carbocycles. The van der Waals surface area contributed by atoms with E-state index in [0.29, 0.717) is 10.3 Å². The number of halogens is 1. The van der Waals surface area contributed by atoms with Gasteiger partial charge in [-0.2, -0.15) is 4.31 Å². The van der Waals surface area contributed by atoms with E-state index in [9.17, 15) is 8.42 Å². The molecule has 0 aromatic carbocycles. The maximum Gasteiger partial charge on any atom is 0.246 e. The second-order valence-corrected chi connectivity index (χ2v) is 8.24. The minimum atomic E-state index is -3.64. The Morgan fingerprint density at radius 3 is 2.71 bits per heavy atom. The van der Waals surface area contributed by atoms with Gasteiger partial charge < -0.3 is 5.32 Å². The second-order valence-electron chi connectivity index (χ2n) is 4.37. The molecule has 0 unspecified atom stereocenters. The van der Waals surface area contributed by atoms with E-state index in [1.165, 1.54) is 15.6 Å². The van der Waals surface area contributed by atoms with Crippen molar-refractivity contribution in [1.82, 2.24) is 14.3 Å². The lowest BCUT2D eigenvalue weighted by molar-refractivity contribution is 0.468. The number of nitrogens with one attached hydrogen (secondary N) is 1. The van der Waals surface area contributed by atoms with Gasteiger partial charge in [-0.3, -0.25) is 0 Å². The number of pyridine rings is 1. The van der Waals surface area contributed by atoms with Crippen LogP contribution in [0.3, 0.4) is 0 Å². The molecule has 1 N–H and O–H groups in total. The molecular formula is C12H15BrN4O2S2. The number of hydrogen-bond donors (Lipinski definition) is 1. The summed E-state index contributed by atoms with van der Waals surface area (Å²) in [7, 11) is -0.448. The van der Waals surface area contributed by atoms with Crippen molar-refractivity contribution < 1.29 is 8.42 Å². The first-order valence-electron chi connectivity index (χ1n) is 6.05. The Balaban J connectivity index is 2.37. The lowest BCUT2D eigenvalue weighted by Crippen LogP contribution is -2.27. The van der Waals surface area contributed by atoms with Crippen LogP contribution >= 0.6 is 27.3 Å². The molecule has 0 aliphatic heterocycles. The van der Waals surface area contributed by atoms with Crippen LogP contribution in [0, 0.1) is 6.92 Å². The topological polar surface area (TPSA) is 75.2 Å². The summed E-state index contributed by atoms with van der Waals surface area (Å²) in [6.07, 6.45) is 1.55. The van der Waals surface area contributed by atoms with Gasteiger partial charge in [0.05, 0.1) is 11.2 Å². The van der Waals surface area contributed by atoms with Crippen LogP contribution < -0.4 is 5.32 Å². The molecule has 21 heavy (non-hydrogen) atoms. The Kier molecular flexibility index (Phi) is 4.97. The number of hydrogen-bond acceptors (Lipinski definition) is 6. The van der Waals surface area contributed by atoms with E-state index in [1.807, 2.05) is 6.92 Å². The van der Waals surface area contributed by atoms with Crippen molar-refractivity contribution in [1.29, 1.82) is 0 Å². The molecule has 2 heterocycles. The molecule has 0 amide bonds. The summed E-state index contributed by atoms with van der Waals surface area (Å²) in [5.74, 6) is 0.325. The van der Waals surface area contributed by atoms with E-state index in [0.717, 1.165) is 10.6 Å². The number of rotatable bonds is 5. The van der Waals surface area contributed by atoms with Crippen LogP contribution in [0.25, 0.3) is 0 Å². The summed E-state index contributed by atoms with van der Waals surface area (Å²) in [6.45, 7) is 2.15. The van der Waals surface area contributed by atoms with Crippen molar-refractivity contribution in [2.24, 2.45) is 0 Å². The van der Waals surface area contributed by atoms with Crippen molar-refractivity contribution in [3.63, 3.8) is 0 Å². The zero-order valence-electron chi connectivity index (χ0n) is 11.8. The predicted molar refractivity (Wildman–Crippen MR) is 87.0 cm³/mol. The Labute approximate surface area is 136 Å². The number of aromatic nitrogens is 2. The fourth-order valence-electron chi connectivity index (χ4n) is 1.74. The largest absolute Gasteiger partial charge is 0.372 e. The third kappa shape index (κ3) is 3.42. The fraction of sp³-hybridized carbons (Fsp3) is 0.333. The van der Waals surface area contributed by atoms with Gasteiger partial charge in [-0.1, -0.05) is 0 Å². The molecule has 0 saturated carbocycles. The molecule has 0 spiro atoms. The van der Waals surface area contributed by atoms with Crippen molar-refractivity contribution in [3.05, 3.63) is 32.8 Å². The summed E-state index contributed by atoms with van der Waals surface area (Å²) >= 11 is 4.70. The van der Waals surface area contributed by atoms with Crippen LogP contribution in [-0.2, 0) is 16.6 Å². The van der Waals surface area contributed by atoms with E-state index in [4.69, 9.17) is 0 Å². The zero-order chi connectivity index (χ0) is 15.6. The summed E-state index contributed by atoms with van der Waals surface area (Å²) in [5.41, 5.74) is 2.56. The third-order valence-electron chi connectivity index (χ3n) is 2.96. The van der Waals surface area contributed by atoms with E-state index in [-0.39, 0.29) is 11.4 Å². The molecule has 0 bridgehead atoms. The average Bonchev–Trinajstić information content (AvgIpc) is 2.84. The number of thiazole rings is 1. The van der Waals surface area contributed by atoms with Gasteiger partial charge in [0.25, 0.3) is 0 Å². The van der Waals surface area contributed by atoms with Crippen LogP contribution in [0.4, 0.5) is 5.82 Å². The molecular weight excluding hydrogens is 376 g/mol. The quantitative estimate of drug-likeness (QED) is 0.848. The summed E-state index contributed by atoms with van der Waals surface area (Å²) in [5, 5.41) is 2.81. The first-order chi connectivity index (χ1) is 9.86. The predicted octanol–water partition coefficient (Wildman–Crippen LogP) is 2.47. The highest BCUT2D eigenvalue weighted by atomic mass is 79.9. The van der Waals surface area contributed by atoms with Crippen molar-refractivity contribution in [2.75, 3.05) is 19.4 Å². The fourth-order valence-corrected chi connectivity index (χ4v) is 4.44. The molecule has 0 radical (unpaired) electrons. The van der Waals surface area contributed by atoms with Crippen LogP contribution in [-0.4, -0.2) is 36.8 Å². The lowest BCUT2D eigenvalue weighted by Gasteiger charge is -2.18. The summed E-state index contributed by atoms with van der Waals surface area (Å²) < 4.78 is 27.3. The average molecular weight is 391 g/mol. The van der Waals surface area contributed by atoms with Crippen molar-refractivity contribution in [3.8, 4) is 0 Å². The van der Waals surface area contributed by atoms with Crippen LogP contribution in [0.2, 0.25) is 0 Å². The van der Waals surface area contributed by atoms with Gasteiger partial charge in [-0.15, -0.1) is 11.3 Å². The molecule has 0 aliphatic rings. The Morgan fingerprint density at radius 2 is 2.14 bits per heavy atom. The monoisotopic (exact) mass is 390 g/mol. The van der Waals surface area contributed by atoms with Gasteiger partial charge in [-0.05, 0) is 28.9 Å². The van der Waals surface area contributed by atoms with Crippen LogP contribution in [0.15, 0.2) is 27.1 Å². The lowest BCUT2D eigenvalue weighted by atomic mass is 10.4. The third-order valence-corrected chi connectivity index (χ3v) is 6.13. The van der Waals surface area contributed by atoms with Gasteiger partial charge in [0, 0.05) is 36.2 Å². The van der Waals surface area contributed by atoms with Gasteiger partial charge in [0.2, 0.25) is 10.0 Å². The van der Waals surface area contributed by atoms with Crippen LogP contribution in [0.5, 0.6) is 0 Å². The standard InChI is InChI=1S/C12H15BrN4O2S2/c1-8-10(20-7-16-8)6-17(3)21(18,19)11-4-9(13)5-15-12(11)14-2/h4-5,7H,6H2,1-3H3,(H,14,15). The molecule has 2 aromatic rings. The molecule has 6 nitrogen and oxygen atoms in total. The number of anilines is 1. The Morgan fingerprint density at radius 1 is 1.43 bits per heavy atom. The highest BCUT2D eigenvalue weighted by Crippen LogP contribution is 2.26. The Bertz CT molecular complexity index is 745. The minimum Gasteiger partial charge on any atom is -0.372 e. The second kappa shape index (κ2) is 6.39. The maximum absolute atomic E-state index is 12.7. The van der Waals surface area contributed by atoms with Gasteiger partial charge in [0.15, 0.2) is 0 Å². The van der Waals surface area contributed by atoms with E-state index >= 15 is 0 Å². The minimum absolute atomic E-state index is 0.143. The SMILES string of the molecule is CNc1ncc(Br)cc1S(=O)(=O)N(C)Cc1scnc1C. The van der Waals surface area contributed by atoms with Gasteiger partial charge in [0.1, 0.15) is 10.7 Å². The normalized spacial score (nSPS) is 11.9. The van der Waals surface area contributed by atoms with E-state index in [1.54, 1.807) is 31.9 Å². The zero-order valence-corrected chi connectivity index (χ0v) is 15.0. The van der Waals surface area contributed by atoms with Gasteiger partial charge in [-0.25, -0.2) is 18.4 Å². The highest BCUT2D eigenvalue weighted by Gasteiger charge is 2.26. The number of aryl methyl sites for hydroxylation is 1. The Hall–Kier alpha value is -1.03.